The molecule has 1 aromatic carbocycles. The molecule has 0 fully saturated rings. The van der Waals surface area contributed by atoms with Crippen LogP contribution in [0.25, 0.3) is 0 Å². The summed E-state index contributed by atoms with van der Waals surface area (Å²) in [4.78, 5) is 0. The number of ether oxygens (including phenoxy) is 1. The highest BCUT2D eigenvalue weighted by molar-refractivity contribution is 5.82. The number of hydrogen-bond donors (Lipinski definition) is 2. The summed E-state index contributed by atoms with van der Waals surface area (Å²) in [5.41, 5.74) is 10.1. The van der Waals surface area contributed by atoms with Crippen LogP contribution < -0.4 is 16.2 Å². The first-order valence-corrected chi connectivity index (χ1v) is 5.20. The maximum atomic E-state index is 13.6. The topological polar surface area (TPSA) is 86.0 Å². The molecule has 0 amide bonds. The number of benzene rings is 1. The Labute approximate surface area is 103 Å². The van der Waals surface area contributed by atoms with Crippen molar-refractivity contribution in [2.24, 2.45) is 21.7 Å². The predicted octanol–water partition coefficient (Wildman–Crippen LogP) is 1.28. The summed E-state index contributed by atoms with van der Waals surface area (Å²) in [5, 5.41) is 6.73. The van der Waals surface area contributed by atoms with Gasteiger partial charge in [0.05, 0.1) is 12.8 Å². The van der Waals surface area contributed by atoms with Gasteiger partial charge >= 0.3 is 0 Å². The summed E-state index contributed by atoms with van der Waals surface area (Å²) in [6, 6.07) is 1.34. The molecule has 0 aliphatic heterocycles. The highest BCUT2D eigenvalue weighted by atomic mass is 19.2. The highest BCUT2D eigenvalue weighted by Crippen LogP contribution is 2.25. The summed E-state index contributed by atoms with van der Waals surface area (Å²) in [6.07, 6.45) is 1.01. The van der Waals surface area contributed by atoms with E-state index in [4.69, 9.17) is 16.2 Å². The molecular weight excluding hydrogens is 242 g/mol. The van der Waals surface area contributed by atoms with Crippen molar-refractivity contribution in [3.8, 4) is 5.75 Å². The molecular formula is C11H14F2N4O. The van der Waals surface area contributed by atoms with Gasteiger partial charge < -0.3 is 16.2 Å². The zero-order chi connectivity index (χ0) is 13.7. The first-order chi connectivity index (χ1) is 8.47. The number of nitrogens with zero attached hydrogens (tertiary/aromatic N) is 2. The lowest BCUT2D eigenvalue weighted by atomic mass is 10.1. The zero-order valence-corrected chi connectivity index (χ0v) is 10.1. The molecule has 1 rings (SSSR count). The second kappa shape index (κ2) is 5.95. The standard InChI is InChI=1S/C11H14F2N4O/c1-3-18-8-4-7(5-16-17-11(14)15)10(13)9(12)6(8)2/h4-5H,3H2,1-2H3,(H4,14,15,17). The van der Waals surface area contributed by atoms with Gasteiger partial charge in [-0.1, -0.05) is 0 Å². The second-order valence-corrected chi connectivity index (χ2v) is 3.42. The quantitative estimate of drug-likeness (QED) is 0.483. The van der Waals surface area contributed by atoms with Crippen LogP contribution in [-0.2, 0) is 0 Å². The third kappa shape index (κ3) is 3.16. The Kier molecular flexibility index (Phi) is 4.59. The Bertz CT molecular complexity index is 496. The Hall–Kier alpha value is -2.18. The number of rotatable bonds is 4. The van der Waals surface area contributed by atoms with Crippen LogP contribution in [0.3, 0.4) is 0 Å². The minimum absolute atomic E-state index is 0.0912. The van der Waals surface area contributed by atoms with Crippen LogP contribution in [0.1, 0.15) is 18.1 Å². The minimum Gasteiger partial charge on any atom is -0.493 e. The van der Waals surface area contributed by atoms with Crippen LogP contribution in [-0.4, -0.2) is 18.8 Å². The number of guanidine groups is 1. The summed E-state index contributed by atoms with van der Waals surface area (Å²) in [5.74, 6) is -2.02. The van der Waals surface area contributed by atoms with Gasteiger partial charge in [-0.3, -0.25) is 0 Å². The van der Waals surface area contributed by atoms with Gasteiger partial charge in [0.15, 0.2) is 11.6 Å². The maximum Gasteiger partial charge on any atom is 0.211 e. The molecule has 0 spiro atoms. The SMILES string of the molecule is CCOc1cc(C=NN=C(N)N)c(F)c(F)c1C. The average molecular weight is 256 g/mol. The van der Waals surface area contributed by atoms with Crippen LogP contribution in [0, 0.1) is 18.6 Å². The molecule has 18 heavy (non-hydrogen) atoms. The molecule has 0 bridgehead atoms. The van der Waals surface area contributed by atoms with Crippen molar-refractivity contribution >= 4 is 12.2 Å². The normalized spacial score (nSPS) is 10.7. The summed E-state index contributed by atoms with van der Waals surface area (Å²) in [6.45, 7) is 3.52. The monoisotopic (exact) mass is 256 g/mol. The van der Waals surface area contributed by atoms with Gasteiger partial charge in [-0.05, 0) is 19.9 Å². The smallest absolute Gasteiger partial charge is 0.211 e. The molecule has 0 aromatic heterocycles. The minimum atomic E-state index is -1.02. The molecule has 0 heterocycles. The van der Waals surface area contributed by atoms with Gasteiger partial charge in [-0.15, -0.1) is 5.10 Å². The fourth-order valence-corrected chi connectivity index (χ4v) is 1.27. The van der Waals surface area contributed by atoms with Gasteiger partial charge in [0, 0.05) is 11.1 Å². The van der Waals surface area contributed by atoms with Gasteiger partial charge in [0.1, 0.15) is 5.75 Å². The van der Waals surface area contributed by atoms with E-state index in [2.05, 4.69) is 10.2 Å². The molecule has 1 aromatic rings. The lowest BCUT2D eigenvalue weighted by Gasteiger charge is -2.09. The molecule has 0 saturated heterocycles. The van der Waals surface area contributed by atoms with E-state index < -0.39 is 11.6 Å². The molecule has 0 aliphatic carbocycles. The molecule has 0 atom stereocenters. The van der Waals surface area contributed by atoms with Crippen LogP contribution in [0.5, 0.6) is 5.75 Å². The van der Waals surface area contributed by atoms with Crippen molar-refractivity contribution in [2.45, 2.75) is 13.8 Å². The van der Waals surface area contributed by atoms with E-state index in [0.29, 0.717) is 6.61 Å². The Morgan fingerprint density at radius 1 is 1.39 bits per heavy atom. The molecule has 7 heteroatoms. The number of nitrogens with two attached hydrogens (primary N) is 2. The fourth-order valence-electron chi connectivity index (χ4n) is 1.27. The van der Waals surface area contributed by atoms with Crippen LogP contribution in [0.4, 0.5) is 8.78 Å². The average Bonchev–Trinajstić information content (AvgIpc) is 2.32. The molecule has 98 valence electrons. The summed E-state index contributed by atoms with van der Waals surface area (Å²) < 4.78 is 32.3. The first kappa shape index (κ1) is 13.9. The molecule has 0 saturated carbocycles. The summed E-state index contributed by atoms with van der Waals surface area (Å²) >= 11 is 0. The lowest BCUT2D eigenvalue weighted by Crippen LogP contribution is -2.21. The van der Waals surface area contributed by atoms with E-state index in [1.165, 1.54) is 13.0 Å². The lowest BCUT2D eigenvalue weighted by molar-refractivity contribution is 0.333. The van der Waals surface area contributed by atoms with Crippen molar-refractivity contribution in [1.82, 2.24) is 0 Å². The second-order valence-electron chi connectivity index (χ2n) is 3.42. The van der Waals surface area contributed by atoms with E-state index in [-0.39, 0.29) is 22.8 Å². The van der Waals surface area contributed by atoms with Gasteiger partial charge in [-0.2, -0.15) is 5.10 Å². The van der Waals surface area contributed by atoms with E-state index in [1.54, 1.807) is 6.92 Å². The van der Waals surface area contributed by atoms with Crippen molar-refractivity contribution < 1.29 is 13.5 Å². The van der Waals surface area contributed by atoms with Gasteiger partial charge in [-0.25, -0.2) is 8.78 Å². The number of halogens is 2. The fraction of sp³-hybridized carbons (Fsp3) is 0.273. The van der Waals surface area contributed by atoms with Crippen LogP contribution in [0.2, 0.25) is 0 Å². The third-order valence-electron chi connectivity index (χ3n) is 2.10. The highest BCUT2D eigenvalue weighted by Gasteiger charge is 2.15. The van der Waals surface area contributed by atoms with Crippen LogP contribution >= 0.6 is 0 Å². The van der Waals surface area contributed by atoms with Crippen molar-refractivity contribution in [3.63, 3.8) is 0 Å². The molecule has 4 N–H and O–H groups in total. The Balaban J connectivity index is 3.19. The van der Waals surface area contributed by atoms with Crippen molar-refractivity contribution in [2.75, 3.05) is 6.61 Å². The Morgan fingerprint density at radius 3 is 2.61 bits per heavy atom. The van der Waals surface area contributed by atoms with Crippen molar-refractivity contribution in [1.29, 1.82) is 0 Å². The first-order valence-electron chi connectivity index (χ1n) is 5.20. The largest absolute Gasteiger partial charge is 0.493 e. The van der Waals surface area contributed by atoms with Crippen LogP contribution in [0.15, 0.2) is 16.3 Å². The Morgan fingerprint density at radius 2 is 2.06 bits per heavy atom. The summed E-state index contributed by atoms with van der Waals surface area (Å²) in [7, 11) is 0. The maximum absolute atomic E-state index is 13.6. The van der Waals surface area contributed by atoms with Gasteiger partial charge in [0.25, 0.3) is 0 Å². The molecule has 0 aliphatic rings. The third-order valence-corrected chi connectivity index (χ3v) is 2.10. The zero-order valence-electron chi connectivity index (χ0n) is 10.1. The molecule has 0 radical (unpaired) electrons. The van der Waals surface area contributed by atoms with E-state index >= 15 is 0 Å². The van der Waals surface area contributed by atoms with Gasteiger partial charge in [0.2, 0.25) is 5.96 Å². The predicted molar refractivity (Wildman–Crippen MR) is 65.7 cm³/mol. The van der Waals surface area contributed by atoms with E-state index in [0.717, 1.165) is 6.21 Å². The van der Waals surface area contributed by atoms with E-state index in [1.807, 2.05) is 0 Å². The number of hydrogen-bond acceptors (Lipinski definition) is 3. The van der Waals surface area contributed by atoms with E-state index in [9.17, 15) is 8.78 Å². The van der Waals surface area contributed by atoms with Crippen molar-refractivity contribution in [3.05, 3.63) is 28.8 Å². The molecule has 5 nitrogen and oxygen atoms in total. The molecule has 0 unspecified atom stereocenters.